The molecule has 0 fully saturated rings. The SMILES string of the molecule is FC(F)(F)c1nc2ccccc2n1Cc1cn2ccccc2n1. The quantitative estimate of drug-likeness (QED) is 0.564. The van der Waals surface area contributed by atoms with E-state index in [2.05, 4.69) is 9.97 Å². The van der Waals surface area contributed by atoms with E-state index < -0.39 is 12.0 Å². The summed E-state index contributed by atoms with van der Waals surface area (Å²) >= 11 is 0. The summed E-state index contributed by atoms with van der Waals surface area (Å²) in [5.41, 5.74) is 2.01. The fourth-order valence-electron chi connectivity index (χ4n) is 2.68. The number of imidazole rings is 2. The van der Waals surface area contributed by atoms with Crippen molar-refractivity contribution in [2.24, 2.45) is 0 Å². The van der Waals surface area contributed by atoms with Crippen molar-refractivity contribution in [3.8, 4) is 0 Å². The summed E-state index contributed by atoms with van der Waals surface area (Å²) in [6, 6.07) is 12.1. The average molecular weight is 316 g/mol. The third-order valence-electron chi connectivity index (χ3n) is 3.64. The molecule has 0 N–H and O–H groups in total. The highest BCUT2D eigenvalue weighted by Crippen LogP contribution is 2.31. The lowest BCUT2D eigenvalue weighted by atomic mass is 10.3. The molecule has 3 aromatic heterocycles. The summed E-state index contributed by atoms with van der Waals surface area (Å²) in [4.78, 5) is 8.10. The van der Waals surface area contributed by atoms with Gasteiger partial charge < -0.3 is 8.97 Å². The number of alkyl halides is 3. The van der Waals surface area contributed by atoms with Crippen molar-refractivity contribution >= 4 is 16.7 Å². The molecule has 0 aliphatic rings. The summed E-state index contributed by atoms with van der Waals surface area (Å²) in [6.07, 6.45) is -0.981. The van der Waals surface area contributed by atoms with Crippen molar-refractivity contribution in [2.45, 2.75) is 12.7 Å². The van der Waals surface area contributed by atoms with E-state index in [-0.39, 0.29) is 6.54 Å². The van der Waals surface area contributed by atoms with Crippen molar-refractivity contribution in [1.82, 2.24) is 18.9 Å². The molecule has 0 saturated heterocycles. The maximum atomic E-state index is 13.3. The number of pyridine rings is 1. The third kappa shape index (κ3) is 2.34. The molecule has 4 nitrogen and oxygen atoms in total. The van der Waals surface area contributed by atoms with Crippen LogP contribution in [0.4, 0.5) is 13.2 Å². The zero-order valence-corrected chi connectivity index (χ0v) is 11.8. The molecule has 0 unspecified atom stereocenters. The molecule has 0 spiro atoms. The lowest BCUT2D eigenvalue weighted by Crippen LogP contribution is -2.15. The summed E-state index contributed by atoms with van der Waals surface area (Å²) in [7, 11) is 0. The maximum Gasteiger partial charge on any atom is 0.449 e. The molecule has 0 aliphatic heterocycles. The molecule has 0 radical (unpaired) electrons. The molecule has 0 bridgehead atoms. The van der Waals surface area contributed by atoms with Crippen LogP contribution in [0.5, 0.6) is 0 Å². The highest BCUT2D eigenvalue weighted by Gasteiger charge is 2.37. The smallest absolute Gasteiger partial charge is 0.314 e. The Morgan fingerprint density at radius 2 is 1.74 bits per heavy atom. The standard InChI is InChI=1S/C16H11F3N4/c17-16(18,19)15-21-12-5-1-2-6-13(12)23(15)10-11-9-22-8-4-3-7-14(22)20-11/h1-9H,10H2. The van der Waals surface area contributed by atoms with E-state index in [0.717, 1.165) is 4.57 Å². The number of rotatable bonds is 2. The van der Waals surface area contributed by atoms with Crippen molar-refractivity contribution < 1.29 is 13.2 Å². The van der Waals surface area contributed by atoms with Crippen LogP contribution in [0.25, 0.3) is 16.7 Å². The molecule has 0 aliphatic carbocycles. The number of fused-ring (bicyclic) bond motifs is 2. The minimum atomic E-state index is -4.52. The van der Waals surface area contributed by atoms with Crippen LogP contribution in [0.2, 0.25) is 0 Å². The lowest BCUT2D eigenvalue weighted by Gasteiger charge is -2.09. The zero-order chi connectivity index (χ0) is 16.0. The Balaban J connectivity index is 1.87. The van der Waals surface area contributed by atoms with Gasteiger partial charge in [0.25, 0.3) is 0 Å². The van der Waals surface area contributed by atoms with Gasteiger partial charge >= 0.3 is 6.18 Å². The van der Waals surface area contributed by atoms with Gasteiger partial charge in [0.05, 0.1) is 23.3 Å². The van der Waals surface area contributed by atoms with Crippen molar-refractivity contribution in [2.75, 3.05) is 0 Å². The monoisotopic (exact) mass is 316 g/mol. The van der Waals surface area contributed by atoms with E-state index in [4.69, 9.17) is 0 Å². The molecule has 3 heterocycles. The summed E-state index contributed by atoms with van der Waals surface area (Å²) in [5.74, 6) is -0.907. The normalized spacial score (nSPS) is 12.3. The van der Waals surface area contributed by atoms with Crippen molar-refractivity contribution in [3.05, 3.63) is 66.4 Å². The first kappa shape index (κ1) is 13.8. The van der Waals surface area contributed by atoms with Gasteiger partial charge in [-0.2, -0.15) is 13.2 Å². The molecule has 0 saturated carbocycles. The first-order chi connectivity index (χ1) is 11.0. The van der Waals surface area contributed by atoms with Crippen LogP contribution in [-0.4, -0.2) is 18.9 Å². The van der Waals surface area contributed by atoms with Gasteiger partial charge in [0.15, 0.2) is 0 Å². The number of aromatic nitrogens is 4. The fraction of sp³-hybridized carbons (Fsp3) is 0.125. The number of para-hydroxylation sites is 2. The summed E-state index contributed by atoms with van der Waals surface area (Å²) in [6.45, 7) is 0.0109. The van der Waals surface area contributed by atoms with E-state index in [9.17, 15) is 13.2 Å². The molecule has 0 atom stereocenters. The molecule has 4 aromatic rings. The van der Waals surface area contributed by atoms with Gasteiger partial charge in [-0.15, -0.1) is 0 Å². The van der Waals surface area contributed by atoms with Crippen LogP contribution in [0.15, 0.2) is 54.9 Å². The summed E-state index contributed by atoms with van der Waals surface area (Å²) < 4.78 is 42.8. The van der Waals surface area contributed by atoms with E-state index in [1.54, 1.807) is 40.9 Å². The fourth-order valence-corrected chi connectivity index (χ4v) is 2.68. The van der Waals surface area contributed by atoms with E-state index in [1.807, 2.05) is 18.3 Å². The minimum absolute atomic E-state index is 0.0109. The maximum absolute atomic E-state index is 13.3. The van der Waals surface area contributed by atoms with Crippen molar-refractivity contribution in [1.29, 1.82) is 0 Å². The minimum Gasteiger partial charge on any atom is -0.314 e. The van der Waals surface area contributed by atoms with Crippen LogP contribution in [0, 0.1) is 0 Å². The molecule has 23 heavy (non-hydrogen) atoms. The number of hydrogen-bond acceptors (Lipinski definition) is 2. The Hall–Kier alpha value is -2.83. The van der Waals surface area contributed by atoms with E-state index >= 15 is 0 Å². The Kier molecular flexibility index (Phi) is 2.90. The van der Waals surface area contributed by atoms with Crippen LogP contribution < -0.4 is 0 Å². The molecule has 4 rings (SSSR count). The second-order valence-electron chi connectivity index (χ2n) is 5.21. The van der Waals surface area contributed by atoms with E-state index in [1.165, 1.54) is 0 Å². The Bertz CT molecular complexity index is 964. The molecule has 1 aromatic carbocycles. The highest BCUT2D eigenvalue weighted by molar-refractivity contribution is 5.76. The largest absolute Gasteiger partial charge is 0.449 e. The van der Waals surface area contributed by atoms with Gasteiger partial charge in [-0.3, -0.25) is 0 Å². The number of halogens is 3. The predicted octanol–water partition coefficient (Wildman–Crippen LogP) is 3.75. The molecular weight excluding hydrogens is 305 g/mol. The second kappa shape index (κ2) is 4.84. The Morgan fingerprint density at radius 3 is 2.52 bits per heavy atom. The number of nitrogens with zero attached hydrogens (tertiary/aromatic N) is 4. The van der Waals surface area contributed by atoms with Crippen molar-refractivity contribution in [3.63, 3.8) is 0 Å². The lowest BCUT2D eigenvalue weighted by molar-refractivity contribution is -0.146. The Labute approximate surface area is 128 Å². The van der Waals surface area contributed by atoms with Gasteiger partial charge in [-0.1, -0.05) is 18.2 Å². The third-order valence-corrected chi connectivity index (χ3v) is 3.64. The first-order valence-corrected chi connectivity index (χ1v) is 6.97. The van der Waals surface area contributed by atoms with Crippen LogP contribution in [0.3, 0.4) is 0 Å². The molecule has 7 heteroatoms. The van der Waals surface area contributed by atoms with Gasteiger partial charge in [0.2, 0.25) is 5.82 Å². The summed E-state index contributed by atoms with van der Waals surface area (Å²) in [5, 5.41) is 0. The highest BCUT2D eigenvalue weighted by atomic mass is 19.4. The van der Waals surface area contributed by atoms with Crippen LogP contribution in [-0.2, 0) is 12.7 Å². The number of benzene rings is 1. The van der Waals surface area contributed by atoms with E-state index in [0.29, 0.717) is 22.4 Å². The topological polar surface area (TPSA) is 35.1 Å². The van der Waals surface area contributed by atoms with Gasteiger partial charge in [0.1, 0.15) is 5.65 Å². The van der Waals surface area contributed by atoms with Crippen LogP contribution >= 0.6 is 0 Å². The average Bonchev–Trinajstić information content (AvgIpc) is 3.08. The second-order valence-corrected chi connectivity index (χ2v) is 5.21. The predicted molar refractivity (Wildman–Crippen MR) is 79.0 cm³/mol. The first-order valence-electron chi connectivity index (χ1n) is 6.97. The van der Waals surface area contributed by atoms with Gasteiger partial charge in [-0.25, -0.2) is 9.97 Å². The number of hydrogen-bond donors (Lipinski definition) is 0. The molecule has 0 amide bonds. The molecule has 116 valence electrons. The molecular formula is C16H11F3N4. The zero-order valence-electron chi connectivity index (χ0n) is 11.8. The Morgan fingerprint density at radius 1 is 0.957 bits per heavy atom. The van der Waals surface area contributed by atoms with Gasteiger partial charge in [-0.05, 0) is 24.3 Å². The van der Waals surface area contributed by atoms with Crippen LogP contribution in [0.1, 0.15) is 11.5 Å². The van der Waals surface area contributed by atoms with Gasteiger partial charge in [0, 0.05) is 12.4 Å².